The molecule has 0 unspecified atom stereocenters. The molecule has 0 amide bonds. The van der Waals surface area contributed by atoms with Crippen molar-refractivity contribution in [2.75, 3.05) is 29.9 Å². The third kappa shape index (κ3) is 3.61. The summed E-state index contributed by atoms with van der Waals surface area (Å²) in [4.78, 5) is 10.9. The molecule has 1 saturated heterocycles. The number of benzene rings is 1. The van der Waals surface area contributed by atoms with Crippen LogP contribution in [0.2, 0.25) is 5.02 Å². The summed E-state index contributed by atoms with van der Waals surface area (Å²) in [5.41, 5.74) is 0.607. The van der Waals surface area contributed by atoms with Gasteiger partial charge >= 0.3 is 0 Å². The number of nitrogens with one attached hydrogen (secondary N) is 1. The molecule has 1 aromatic carbocycles. The number of nitrogens with two attached hydrogens (primary N) is 1. The number of sulfonamides is 1. The molecule has 4 rings (SSSR count). The highest BCUT2D eigenvalue weighted by atomic mass is 35.5. The Morgan fingerprint density at radius 3 is 2.65 bits per heavy atom. The van der Waals surface area contributed by atoms with Crippen LogP contribution in [0.15, 0.2) is 35.4 Å². The van der Waals surface area contributed by atoms with Gasteiger partial charge in [0.05, 0.1) is 23.3 Å². The van der Waals surface area contributed by atoms with Gasteiger partial charge in [-0.15, -0.1) is 0 Å². The lowest BCUT2D eigenvalue weighted by atomic mass is 10.2. The highest BCUT2D eigenvalue weighted by molar-refractivity contribution is 7.89. The van der Waals surface area contributed by atoms with Crippen molar-refractivity contribution in [1.82, 2.24) is 9.97 Å². The lowest BCUT2D eigenvalue weighted by Gasteiger charge is -2.34. The summed E-state index contributed by atoms with van der Waals surface area (Å²) in [6.07, 6.45) is 3.68. The van der Waals surface area contributed by atoms with E-state index in [1.165, 1.54) is 12.1 Å². The van der Waals surface area contributed by atoms with Gasteiger partial charge in [-0.25, -0.2) is 18.5 Å². The number of hydrogen-bond acceptors (Lipinski definition) is 7. The van der Waals surface area contributed by atoms with Crippen LogP contribution in [0.3, 0.4) is 0 Å². The van der Waals surface area contributed by atoms with Crippen molar-refractivity contribution in [1.29, 1.82) is 0 Å². The highest BCUT2D eigenvalue weighted by Gasteiger charge is 2.48. The minimum atomic E-state index is -3.72. The fourth-order valence-corrected chi connectivity index (χ4v) is 3.69. The average Bonchev–Trinajstić information content (AvgIpc) is 3.35. The Bertz CT molecular complexity index is 931. The van der Waals surface area contributed by atoms with E-state index in [9.17, 15) is 8.42 Å². The van der Waals surface area contributed by atoms with E-state index < -0.39 is 10.0 Å². The number of rotatable bonds is 4. The number of hydrogen-bond donors (Lipinski definition) is 2. The number of primary sulfonamides is 1. The molecule has 1 spiro atoms. The molecular formula is C16H18ClN5O3S. The molecule has 3 N–H and O–H groups in total. The van der Waals surface area contributed by atoms with Crippen molar-refractivity contribution < 1.29 is 13.2 Å². The first-order valence-corrected chi connectivity index (χ1v) is 10.1. The molecule has 0 bridgehead atoms. The van der Waals surface area contributed by atoms with Gasteiger partial charge in [-0.05, 0) is 37.1 Å². The first-order valence-electron chi connectivity index (χ1n) is 8.16. The molecule has 26 heavy (non-hydrogen) atoms. The molecule has 138 valence electrons. The lowest BCUT2D eigenvalue weighted by molar-refractivity contribution is 0.0204. The maximum absolute atomic E-state index is 11.3. The first kappa shape index (κ1) is 17.5. The van der Waals surface area contributed by atoms with Gasteiger partial charge in [0.2, 0.25) is 16.0 Å². The number of halogens is 1. The third-order valence-corrected chi connectivity index (χ3v) is 5.72. The Morgan fingerprint density at radius 2 is 2.00 bits per heavy atom. The molecule has 1 saturated carbocycles. The van der Waals surface area contributed by atoms with Crippen molar-refractivity contribution >= 4 is 39.1 Å². The molecule has 0 atom stereocenters. The second kappa shape index (κ2) is 6.34. The van der Waals surface area contributed by atoms with Crippen LogP contribution in [0.4, 0.5) is 17.5 Å². The molecule has 2 aliphatic rings. The van der Waals surface area contributed by atoms with Crippen LogP contribution in [0.5, 0.6) is 0 Å². The van der Waals surface area contributed by atoms with Crippen LogP contribution >= 0.6 is 11.6 Å². The Kier molecular flexibility index (Phi) is 4.26. The zero-order valence-electron chi connectivity index (χ0n) is 13.9. The number of aromatic nitrogens is 2. The fourth-order valence-electron chi connectivity index (χ4n) is 2.96. The third-order valence-electron chi connectivity index (χ3n) is 4.52. The van der Waals surface area contributed by atoms with E-state index in [1.807, 2.05) is 0 Å². The van der Waals surface area contributed by atoms with Gasteiger partial charge in [0.25, 0.3) is 0 Å². The maximum atomic E-state index is 11.3. The Hall–Kier alpha value is -1.94. The molecular weight excluding hydrogens is 378 g/mol. The SMILES string of the molecule is NS(=O)(=O)c1ccc(Nc2ncc(Cl)c(N3CCOC4(CC4)C3)n2)cc1. The molecule has 0 radical (unpaired) electrons. The molecule has 10 heteroatoms. The van der Waals surface area contributed by atoms with Gasteiger partial charge in [0.15, 0.2) is 5.82 Å². The van der Waals surface area contributed by atoms with Crippen molar-refractivity contribution in [3.8, 4) is 0 Å². The van der Waals surface area contributed by atoms with Crippen LogP contribution in [0.1, 0.15) is 12.8 Å². The molecule has 2 heterocycles. The van der Waals surface area contributed by atoms with E-state index >= 15 is 0 Å². The van der Waals surface area contributed by atoms with E-state index in [0.29, 0.717) is 29.1 Å². The van der Waals surface area contributed by atoms with E-state index in [2.05, 4.69) is 20.2 Å². The average molecular weight is 396 g/mol. The summed E-state index contributed by atoms with van der Waals surface area (Å²) in [6, 6.07) is 6.05. The summed E-state index contributed by atoms with van der Waals surface area (Å²) in [6.45, 7) is 2.14. The van der Waals surface area contributed by atoms with Crippen LogP contribution in [-0.4, -0.2) is 43.7 Å². The maximum Gasteiger partial charge on any atom is 0.238 e. The molecule has 1 aromatic heterocycles. The first-order chi connectivity index (χ1) is 12.3. The summed E-state index contributed by atoms with van der Waals surface area (Å²) in [5.74, 6) is 1.05. The van der Waals surface area contributed by atoms with Crippen molar-refractivity contribution in [2.45, 2.75) is 23.3 Å². The van der Waals surface area contributed by atoms with Gasteiger partial charge in [-0.2, -0.15) is 4.98 Å². The Labute approximate surface area is 156 Å². The zero-order valence-corrected chi connectivity index (χ0v) is 15.4. The summed E-state index contributed by atoms with van der Waals surface area (Å²) in [5, 5.41) is 8.64. The summed E-state index contributed by atoms with van der Waals surface area (Å²) < 4.78 is 28.5. The number of morpholine rings is 1. The van der Waals surface area contributed by atoms with Gasteiger partial charge in [-0.1, -0.05) is 11.6 Å². The summed E-state index contributed by atoms with van der Waals surface area (Å²) in [7, 11) is -3.72. The number of ether oxygens (including phenoxy) is 1. The molecule has 2 aromatic rings. The van der Waals surface area contributed by atoms with Crippen LogP contribution < -0.4 is 15.4 Å². The van der Waals surface area contributed by atoms with E-state index in [1.54, 1.807) is 18.3 Å². The fraction of sp³-hybridized carbons (Fsp3) is 0.375. The predicted octanol–water partition coefficient (Wildman–Crippen LogP) is 1.89. The van der Waals surface area contributed by atoms with Gasteiger partial charge in [-0.3, -0.25) is 0 Å². The van der Waals surface area contributed by atoms with E-state index in [0.717, 1.165) is 25.9 Å². The quantitative estimate of drug-likeness (QED) is 0.813. The van der Waals surface area contributed by atoms with Gasteiger partial charge in [0, 0.05) is 18.8 Å². The highest BCUT2D eigenvalue weighted by Crippen LogP contribution is 2.43. The molecule has 1 aliphatic heterocycles. The minimum absolute atomic E-state index is 0.0380. The largest absolute Gasteiger partial charge is 0.371 e. The topological polar surface area (TPSA) is 110 Å². The lowest BCUT2D eigenvalue weighted by Crippen LogP contribution is -2.44. The van der Waals surface area contributed by atoms with Gasteiger partial charge in [0.1, 0.15) is 5.02 Å². The molecule has 8 nitrogen and oxygen atoms in total. The van der Waals surface area contributed by atoms with E-state index in [-0.39, 0.29) is 10.5 Å². The van der Waals surface area contributed by atoms with Crippen LogP contribution in [-0.2, 0) is 14.8 Å². The van der Waals surface area contributed by atoms with Crippen LogP contribution in [0.25, 0.3) is 0 Å². The van der Waals surface area contributed by atoms with Crippen LogP contribution in [0, 0.1) is 0 Å². The second-order valence-corrected chi connectivity index (χ2v) is 8.48. The second-order valence-electron chi connectivity index (χ2n) is 6.51. The van der Waals surface area contributed by atoms with E-state index in [4.69, 9.17) is 21.5 Å². The van der Waals surface area contributed by atoms with Crippen molar-refractivity contribution in [3.63, 3.8) is 0 Å². The standard InChI is InChI=1S/C16H18ClN5O3S/c17-13-9-19-15(20-11-1-3-12(4-2-11)26(18,23)24)21-14(13)22-7-8-25-16(10-22)5-6-16/h1-4,9H,5-8,10H2,(H2,18,23,24)(H,19,20,21). The monoisotopic (exact) mass is 395 g/mol. The molecule has 1 aliphatic carbocycles. The predicted molar refractivity (Wildman–Crippen MR) is 98.3 cm³/mol. The molecule has 2 fully saturated rings. The number of nitrogens with zero attached hydrogens (tertiary/aromatic N) is 3. The Morgan fingerprint density at radius 1 is 1.27 bits per heavy atom. The number of anilines is 3. The van der Waals surface area contributed by atoms with Crippen molar-refractivity contribution in [2.24, 2.45) is 5.14 Å². The Balaban J connectivity index is 1.54. The van der Waals surface area contributed by atoms with Gasteiger partial charge < -0.3 is 15.0 Å². The minimum Gasteiger partial charge on any atom is -0.371 e. The smallest absolute Gasteiger partial charge is 0.238 e. The zero-order chi connectivity index (χ0) is 18.4. The van der Waals surface area contributed by atoms with Crippen molar-refractivity contribution in [3.05, 3.63) is 35.5 Å². The normalized spacial score (nSPS) is 18.8. The summed E-state index contributed by atoms with van der Waals surface area (Å²) >= 11 is 6.30.